The Morgan fingerprint density at radius 3 is 2.67 bits per heavy atom. The lowest BCUT2D eigenvalue weighted by Gasteiger charge is -2.37. The number of morpholine rings is 1. The summed E-state index contributed by atoms with van der Waals surface area (Å²) in [6.07, 6.45) is 3.80. The molecule has 132 valence electrons. The van der Waals surface area contributed by atoms with Crippen molar-refractivity contribution in [3.05, 3.63) is 18.5 Å². The zero-order valence-corrected chi connectivity index (χ0v) is 14.6. The lowest BCUT2D eigenvalue weighted by molar-refractivity contribution is -0.0163. The highest BCUT2D eigenvalue weighted by Gasteiger charge is 2.23. The molecule has 1 unspecified atom stereocenters. The Morgan fingerprint density at radius 2 is 2.00 bits per heavy atom. The molecule has 24 heavy (non-hydrogen) atoms. The molecule has 2 fully saturated rings. The van der Waals surface area contributed by atoms with Crippen molar-refractivity contribution in [3.63, 3.8) is 0 Å². The number of hydrogen-bond acceptors (Lipinski definition) is 6. The van der Waals surface area contributed by atoms with Gasteiger partial charge in [-0.15, -0.1) is 0 Å². The lowest BCUT2D eigenvalue weighted by atomic mass is 10.3. The van der Waals surface area contributed by atoms with Gasteiger partial charge in [-0.2, -0.15) is 0 Å². The van der Waals surface area contributed by atoms with Gasteiger partial charge in [0.1, 0.15) is 0 Å². The van der Waals surface area contributed by atoms with E-state index in [1.807, 2.05) is 13.1 Å². The van der Waals surface area contributed by atoms with Gasteiger partial charge in [0.25, 0.3) is 0 Å². The summed E-state index contributed by atoms with van der Waals surface area (Å²) in [5, 5.41) is 3.46. The number of guanidine groups is 1. The predicted octanol–water partition coefficient (Wildman–Crippen LogP) is -0.495. The van der Waals surface area contributed by atoms with E-state index in [0.717, 1.165) is 64.3 Å². The van der Waals surface area contributed by atoms with Gasteiger partial charge >= 0.3 is 0 Å². The molecule has 0 saturated carbocycles. The Morgan fingerprint density at radius 1 is 1.25 bits per heavy atom. The highest BCUT2D eigenvalue weighted by Crippen LogP contribution is 2.10. The molecule has 2 aliphatic heterocycles. The molecule has 0 aliphatic carbocycles. The Bertz CT molecular complexity index is 530. The topological polar surface area (TPSA) is 69.1 Å². The van der Waals surface area contributed by atoms with Crippen LogP contribution in [0.2, 0.25) is 0 Å². The molecule has 1 aromatic heterocycles. The Hall–Kier alpha value is -1.93. The van der Waals surface area contributed by atoms with E-state index in [-0.39, 0.29) is 6.10 Å². The second-order valence-corrected chi connectivity index (χ2v) is 6.21. The summed E-state index contributed by atoms with van der Waals surface area (Å²) >= 11 is 0. The Balaban J connectivity index is 1.47. The van der Waals surface area contributed by atoms with Crippen LogP contribution in [0.1, 0.15) is 0 Å². The summed E-state index contributed by atoms with van der Waals surface area (Å²) < 4.78 is 5.80. The number of anilines is 1. The van der Waals surface area contributed by atoms with Gasteiger partial charge in [0.15, 0.2) is 5.96 Å². The van der Waals surface area contributed by atoms with Gasteiger partial charge in [-0.05, 0) is 13.1 Å². The smallest absolute Gasteiger partial charge is 0.225 e. The molecule has 8 heteroatoms. The molecule has 3 heterocycles. The first-order chi connectivity index (χ1) is 11.8. The summed E-state index contributed by atoms with van der Waals surface area (Å²) in [4.78, 5) is 19.9. The second-order valence-electron chi connectivity index (χ2n) is 6.21. The fourth-order valence-electron chi connectivity index (χ4n) is 3.10. The van der Waals surface area contributed by atoms with Crippen LogP contribution in [0.5, 0.6) is 0 Å². The van der Waals surface area contributed by atoms with Gasteiger partial charge in [-0.3, -0.25) is 4.99 Å². The first kappa shape index (κ1) is 16.9. The van der Waals surface area contributed by atoms with Crippen LogP contribution in [-0.2, 0) is 4.74 Å². The van der Waals surface area contributed by atoms with Gasteiger partial charge < -0.3 is 24.8 Å². The molecule has 0 spiro atoms. The monoisotopic (exact) mass is 333 g/mol. The molecule has 1 aromatic rings. The van der Waals surface area contributed by atoms with E-state index < -0.39 is 0 Å². The van der Waals surface area contributed by atoms with Crippen LogP contribution < -0.4 is 10.2 Å². The van der Waals surface area contributed by atoms with Crippen molar-refractivity contribution in [2.45, 2.75) is 6.10 Å². The second kappa shape index (κ2) is 8.25. The third kappa shape index (κ3) is 4.33. The largest absolute Gasteiger partial charge is 0.374 e. The highest BCUT2D eigenvalue weighted by molar-refractivity contribution is 5.80. The van der Waals surface area contributed by atoms with E-state index in [1.165, 1.54) is 0 Å². The number of nitrogens with zero attached hydrogens (tertiary/aromatic N) is 6. The van der Waals surface area contributed by atoms with Gasteiger partial charge in [-0.25, -0.2) is 9.97 Å². The molecule has 3 rings (SSSR count). The van der Waals surface area contributed by atoms with Crippen molar-refractivity contribution in [2.24, 2.45) is 4.99 Å². The van der Waals surface area contributed by atoms with Gasteiger partial charge in [-0.1, -0.05) is 0 Å². The number of likely N-dealkylation sites (N-methyl/N-ethyl adjacent to an activating group) is 1. The van der Waals surface area contributed by atoms with Crippen LogP contribution in [-0.4, -0.2) is 98.3 Å². The maximum atomic E-state index is 5.80. The maximum absolute atomic E-state index is 5.80. The van der Waals surface area contributed by atoms with Crippen molar-refractivity contribution in [1.29, 1.82) is 0 Å². The SMILES string of the molecule is CN=C(NCC1CN(C)CCO1)N1CCN(c2ncccn2)CC1. The standard InChI is InChI=1S/C16H27N7O/c1-17-15(20-12-14-13-21(2)10-11-24-14)22-6-8-23(9-7-22)16-18-4-3-5-19-16/h3-5,14H,6-13H2,1-2H3,(H,17,20). The van der Waals surface area contributed by atoms with Crippen LogP contribution in [0.15, 0.2) is 23.5 Å². The third-order valence-electron chi connectivity index (χ3n) is 4.46. The van der Waals surface area contributed by atoms with Crippen molar-refractivity contribution < 1.29 is 4.74 Å². The number of rotatable bonds is 3. The molecule has 0 aromatic carbocycles. The minimum absolute atomic E-state index is 0.222. The van der Waals surface area contributed by atoms with Crippen LogP contribution in [0.25, 0.3) is 0 Å². The average Bonchev–Trinajstić information content (AvgIpc) is 2.64. The van der Waals surface area contributed by atoms with E-state index >= 15 is 0 Å². The molecule has 1 atom stereocenters. The number of piperazine rings is 1. The Labute approximate surface area is 143 Å². The van der Waals surface area contributed by atoms with Gasteiger partial charge in [0.05, 0.1) is 12.7 Å². The van der Waals surface area contributed by atoms with E-state index in [2.05, 4.69) is 42.0 Å². The van der Waals surface area contributed by atoms with Crippen molar-refractivity contribution in [2.75, 3.05) is 71.4 Å². The lowest BCUT2D eigenvalue weighted by Crippen LogP contribution is -2.54. The molecular formula is C16H27N7O. The van der Waals surface area contributed by atoms with Gasteiger partial charge in [0.2, 0.25) is 5.95 Å². The fraction of sp³-hybridized carbons (Fsp3) is 0.688. The quantitative estimate of drug-likeness (QED) is 0.591. The average molecular weight is 333 g/mol. The van der Waals surface area contributed by atoms with E-state index in [0.29, 0.717) is 0 Å². The van der Waals surface area contributed by atoms with Gasteiger partial charge in [0, 0.05) is 65.3 Å². The molecule has 1 N–H and O–H groups in total. The molecular weight excluding hydrogens is 306 g/mol. The van der Waals surface area contributed by atoms with Crippen LogP contribution in [0, 0.1) is 0 Å². The Kier molecular flexibility index (Phi) is 5.81. The minimum Gasteiger partial charge on any atom is -0.374 e. The summed E-state index contributed by atoms with van der Waals surface area (Å²) in [7, 11) is 3.97. The number of nitrogens with one attached hydrogen (secondary N) is 1. The maximum Gasteiger partial charge on any atom is 0.225 e. The zero-order valence-electron chi connectivity index (χ0n) is 14.6. The van der Waals surface area contributed by atoms with Crippen LogP contribution >= 0.6 is 0 Å². The van der Waals surface area contributed by atoms with E-state index in [4.69, 9.17) is 4.74 Å². The summed E-state index contributed by atoms with van der Waals surface area (Å²) in [5.74, 6) is 1.75. The molecule has 8 nitrogen and oxygen atoms in total. The third-order valence-corrected chi connectivity index (χ3v) is 4.46. The highest BCUT2D eigenvalue weighted by atomic mass is 16.5. The first-order valence-corrected chi connectivity index (χ1v) is 8.54. The van der Waals surface area contributed by atoms with E-state index in [1.54, 1.807) is 12.4 Å². The van der Waals surface area contributed by atoms with Crippen molar-refractivity contribution in [1.82, 2.24) is 25.1 Å². The van der Waals surface area contributed by atoms with E-state index in [9.17, 15) is 0 Å². The zero-order chi connectivity index (χ0) is 16.8. The fourth-order valence-corrected chi connectivity index (χ4v) is 3.10. The van der Waals surface area contributed by atoms with Crippen LogP contribution in [0.4, 0.5) is 5.95 Å². The van der Waals surface area contributed by atoms with Crippen LogP contribution in [0.3, 0.4) is 0 Å². The molecule has 0 radical (unpaired) electrons. The number of ether oxygens (including phenoxy) is 1. The van der Waals surface area contributed by atoms with Crippen molar-refractivity contribution >= 4 is 11.9 Å². The normalized spacial score (nSPS) is 23.4. The molecule has 2 saturated heterocycles. The summed E-state index contributed by atoms with van der Waals surface area (Å²) in [6, 6.07) is 1.84. The number of hydrogen-bond donors (Lipinski definition) is 1. The van der Waals surface area contributed by atoms with Crippen molar-refractivity contribution in [3.8, 4) is 0 Å². The summed E-state index contributed by atoms with van der Waals surface area (Å²) in [5.41, 5.74) is 0. The molecule has 0 bridgehead atoms. The number of aliphatic imine (C=N–C) groups is 1. The molecule has 0 amide bonds. The predicted molar refractivity (Wildman–Crippen MR) is 94.4 cm³/mol. The number of aromatic nitrogens is 2. The minimum atomic E-state index is 0.222. The summed E-state index contributed by atoms with van der Waals surface area (Å²) in [6.45, 7) is 7.17. The molecule has 2 aliphatic rings. The first-order valence-electron chi connectivity index (χ1n) is 8.54.